The molecule has 0 unspecified atom stereocenters. The SMILES string of the molecule is [2H]C([2H])([2H])C([2H])(c1nc(N2C([2H])([2H])C([2H])([2H])OC([2H])([2H])C2([2H])[2H])sc1B1OC(C)(C)C(C)(C)O1)C([2H])([2H])[2H]. The minimum Gasteiger partial charge on any atom is -0.399 e. The number of ether oxygens (including phenoxy) is 1. The summed E-state index contributed by atoms with van der Waals surface area (Å²) in [5.74, 6) is -3.45. The van der Waals surface area contributed by atoms with E-state index in [-0.39, 0.29) is 4.90 Å². The normalized spacial score (nSPS) is 43.7. The second-order valence-corrected chi connectivity index (χ2v) is 7.05. The van der Waals surface area contributed by atoms with Gasteiger partial charge in [0.2, 0.25) is 0 Å². The van der Waals surface area contributed by atoms with Crippen LogP contribution < -0.4 is 9.68 Å². The highest BCUT2D eigenvalue weighted by atomic mass is 32.1. The van der Waals surface area contributed by atoms with Crippen LogP contribution in [-0.4, -0.2) is 49.4 Å². The van der Waals surface area contributed by atoms with Gasteiger partial charge in [0.15, 0.2) is 5.13 Å². The Bertz CT molecular complexity index is 1040. The van der Waals surface area contributed by atoms with Crippen LogP contribution in [0.5, 0.6) is 0 Å². The molecule has 0 radical (unpaired) electrons. The minimum absolute atomic E-state index is 0.00808. The summed E-state index contributed by atoms with van der Waals surface area (Å²) in [7, 11) is -1.53. The largest absolute Gasteiger partial charge is 0.507 e. The van der Waals surface area contributed by atoms with Gasteiger partial charge in [0.05, 0.1) is 45.8 Å². The molecule has 0 N–H and O–H groups in total. The van der Waals surface area contributed by atoms with Gasteiger partial charge < -0.3 is 18.9 Å². The van der Waals surface area contributed by atoms with Gasteiger partial charge in [0.25, 0.3) is 0 Å². The Morgan fingerprint density at radius 1 is 1.26 bits per heavy atom. The molecule has 5 nitrogen and oxygen atoms in total. The number of nitrogens with zero attached hydrogens (tertiary/aromatic N) is 2. The van der Waals surface area contributed by atoms with Crippen molar-refractivity contribution in [3.8, 4) is 0 Å². The predicted octanol–water partition coefficient (Wildman–Crippen LogP) is 2.40. The molecule has 1 aromatic rings. The Labute approximate surface area is 164 Å². The number of anilines is 1. The lowest BCUT2D eigenvalue weighted by molar-refractivity contribution is 0.00578. The van der Waals surface area contributed by atoms with Crippen LogP contribution in [0.2, 0.25) is 0 Å². The monoisotopic (exact) mass is 353 g/mol. The third-order valence-corrected chi connectivity index (χ3v) is 5.02. The first-order valence-electron chi connectivity index (χ1n) is 14.4. The molecule has 0 aromatic carbocycles. The summed E-state index contributed by atoms with van der Waals surface area (Å²) >= 11 is 0.306. The maximum absolute atomic E-state index is 8.68. The molecule has 3 rings (SSSR count). The van der Waals surface area contributed by atoms with Crippen molar-refractivity contribution in [2.75, 3.05) is 31.0 Å². The first-order valence-corrected chi connectivity index (χ1v) is 7.67. The molecular formula is C16H27BN2O3S. The van der Waals surface area contributed by atoms with E-state index in [1.807, 2.05) is 0 Å². The zero-order valence-corrected chi connectivity index (χ0v) is 13.9. The van der Waals surface area contributed by atoms with E-state index in [0.717, 1.165) is 0 Å². The molecule has 23 heavy (non-hydrogen) atoms. The molecule has 2 aliphatic heterocycles. The van der Waals surface area contributed by atoms with E-state index in [1.165, 1.54) is 0 Å². The zero-order valence-electron chi connectivity index (χ0n) is 28.1. The number of thiazole rings is 1. The molecule has 0 bridgehead atoms. The molecule has 0 saturated carbocycles. The van der Waals surface area contributed by atoms with Gasteiger partial charge in [-0.05, 0) is 33.6 Å². The van der Waals surface area contributed by atoms with Crippen molar-refractivity contribution in [2.45, 2.75) is 58.5 Å². The molecule has 2 saturated heterocycles. The van der Waals surface area contributed by atoms with Gasteiger partial charge in [-0.3, -0.25) is 0 Å². The van der Waals surface area contributed by atoms with Crippen molar-refractivity contribution >= 4 is 28.4 Å². The Balaban J connectivity index is 2.40. The molecule has 3 heterocycles. The standard InChI is InChI=1S/C16H27BN2O3S/c1-11(2)12-13(17-21-15(3,4)16(5,6)22-17)23-14(18-12)19-7-9-20-10-8-19/h11H,7-10H2,1-6H3/i1D3,2D3,7D2,8D2,9D2,10D2,11D. The van der Waals surface area contributed by atoms with Gasteiger partial charge in [-0.15, -0.1) is 11.3 Å². The highest BCUT2D eigenvalue weighted by Crippen LogP contribution is 2.38. The Morgan fingerprint density at radius 2 is 1.87 bits per heavy atom. The third kappa shape index (κ3) is 3.16. The molecule has 7 heteroatoms. The lowest BCUT2D eigenvalue weighted by atomic mass is 9.84. The van der Waals surface area contributed by atoms with Crippen molar-refractivity contribution in [3.05, 3.63) is 5.69 Å². The van der Waals surface area contributed by atoms with Crippen LogP contribution in [0, 0.1) is 0 Å². The molecule has 0 amide bonds. The molecule has 2 aliphatic rings. The number of morpholine rings is 1. The predicted molar refractivity (Wildman–Crippen MR) is 95.0 cm³/mol. The van der Waals surface area contributed by atoms with Crippen LogP contribution >= 0.6 is 11.3 Å². The lowest BCUT2D eigenvalue weighted by Gasteiger charge is -2.32. The van der Waals surface area contributed by atoms with E-state index in [0.29, 0.717) is 11.3 Å². The maximum atomic E-state index is 8.68. The molecule has 0 aliphatic carbocycles. The quantitative estimate of drug-likeness (QED) is 0.781. The second kappa shape index (κ2) is 6.03. The topological polar surface area (TPSA) is 43.8 Å². The van der Waals surface area contributed by atoms with E-state index in [9.17, 15) is 0 Å². The fraction of sp³-hybridized carbons (Fsp3) is 0.812. The minimum atomic E-state index is -3.55. The molecule has 1 aromatic heterocycles. The maximum Gasteiger partial charge on any atom is 0.507 e. The van der Waals surface area contributed by atoms with Crippen LogP contribution in [0.4, 0.5) is 5.13 Å². The summed E-state index contributed by atoms with van der Waals surface area (Å²) in [5, 5.41) is -0.846. The fourth-order valence-electron chi connectivity index (χ4n) is 1.99. The highest BCUT2D eigenvalue weighted by molar-refractivity contribution is 7.25. The van der Waals surface area contributed by atoms with Crippen LogP contribution in [0.1, 0.15) is 73.5 Å². The highest BCUT2D eigenvalue weighted by Gasteiger charge is 2.53. The van der Waals surface area contributed by atoms with Crippen molar-refractivity contribution in [3.63, 3.8) is 0 Å². The molecule has 2 fully saturated rings. The average molecular weight is 353 g/mol. The van der Waals surface area contributed by atoms with Crippen LogP contribution in [0.25, 0.3) is 0 Å². The van der Waals surface area contributed by atoms with Gasteiger partial charge in [-0.2, -0.15) is 0 Å². The lowest BCUT2D eigenvalue weighted by Crippen LogP contribution is -2.41. The van der Waals surface area contributed by atoms with E-state index < -0.39 is 79.6 Å². The third-order valence-electron chi connectivity index (χ3n) is 3.95. The summed E-state index contributed by atoms with van der Waals surface area (Å²) in [4.78, 5) is 3.90. The van der Waals surface area contributed by atoms with Crippen molar-refractivity contribution in [1.82, 2.24) is 4.98 Å². The first-order chi connectivity index (χ1) is 16.5. The summed E-state index contributed by atoms with van der Waals surface area (Å²) in [6.45, 7) is -14.4. The summed E-state index contributed by atoms with van der Waals surface area (Å²) in [6.07, 6.45) is 0. The summed E-state index contributed by atoms with van der Waals surface area (Å²) in [5.41, 5.74) is -3.03. The van der Waals surface area contributed by atoms with Gasteiger partial charge in [-0.25, -0.2) is 4.98 Å². The van der Waals surface area contributed by atoms with E-state index >= 15 is 0 Å². The Morgan fingerprint density at radius 3 is 2.43 bits per heavy atom. The van der Waals surface area contributed by atoms with Gasteiger partial charge in [0, 0.05) is 22.6 Å². The molecule has 128 valence electrons. The van der Waals surface area contributed by atoms with Crippen molar-refractivity contribution in [2.24, 2.45) is 0 Å². The van der Waals surface area contributed by atoms with Crippen LogP contribution in [0.3, 0.4) is 0 Å². The summed E-state index contributed by atoms with van der Waals surface area (Å²) in [6, 6.07) is 0. The molecular weight excluding hydrogens is 311 g/mol. The van der Waals surface area contributed by atoms with Crippen molar-refractivity contribution < 1.29 is 34.6 Å². The Kier molecular flexibility index (Phi) is 1.73. The van der Waals surface area contributed by atoms with E-state index in [1.54, 1.807) is 27.7 Å². The van der Waals surface area contributed by atoms with E-state index in [2.05, 4.69) is 9.72 Å². The summed E-state index contributed by atoms with van der Waals surface area (Å²) < 4.78 is 137. The van der Waals surface area contributed by atoms with Gasteiger partial charge in [-0.1, -0.05) is 13.7 Å². The zero-order chi connectivity index (χ0) is 29.9. The number of hydrogen-bond donors (Lipinski definition) is 0. The second-order valence-electron chi connectivity index (χ2n) is 6.04. The first kappa shape index (κ1) is 6.59. The number of aromatic nitrogens is 1. The van der Waals surface area contributed by atoms with Crippen LogP contribution in [-0.2, 0) is 14.0 Å². The molecule has 0 spiro atoms. The van der Waals surface area contributed by atoms with E-state index in [4.69, 9.17) is 29.9 Å². The van der Waals surface area contributed by atoms with Gasteiger partial charge >= 0.3 is 7.12 Å². The fourth-order valence-corrected chi connectivity index (χ4v) is 2.94. The van der Waals surface area contributed by atoms with Crippen LogP contribution in [0.15, 0.2) is 0 Å². The number of rotatable bonds is 3. The van der Waals surface area contributed by atoms with Gasteiger partial charge in [0.1, 0.15) is 0 Å². The molecule has 0 atom stereocenters. The smallest absolute Gasteiger partial charge is 0.399 e. The Hall–Kier alpha value is -0.625. The number of hydrogen-bond acceptors (Lipinski definition) is 6. The average Bonchev–Trinajstić information content (AvgIpc) is 3.15. The van der Waals surface area contributed by atoms with Crippen molar-refractivity contribution in [1.29, 1.82) is 0 Å².